The van der Waals surface area contributed by atoms with Crippen LogP contribution in [-0.2, 0) is 31.8 Å². The number of nitriles is 1. The van der Waals surface area contributed by atoms with Crippen LogP contribution in [-0.4, -0.2) is 43.5 Å². The molecule has 3 aromatic carbocycles. The lowest BCUT2D eigenvalue weighted by molar-refractivity contribution is -0.181. The molecule has 0 spiro atoms. The number of hydrogen-bond donors (Lipinski definition) is 2. The first-order chi connectivity index (χ1) is 19.7. The molecule has 5 atom stereocenters. The monoisotopic (exact) mass is 613 g/mol. The van der Waals surface area contributed by atoms with Gasteiger partial charge >= 0.3 is 0 Å². The van der Waals surface area contributed by atoms with Crippen LogP contribution in [0.4, 0.5) is 0 Å². The van der Waals surface area contributed by atoms with Crippen LogP contribution in [0, 0.1) is 11.3 Å². The van der Waals surface area contributed by atoms with Gasteiger partial charge in [0, 0.05) is 16.5 Å². The molecule has 0 saturated carbocycles. The fraction of sp³-hybridized carbons (Fsp3) is 0.300. The van der Waals surface area contributed by atoms with Gasteiger partial charge in [-0.15, -0.1) is 0 Å². The second-order valence-electron chi connectivity index (χ2n) is 9.66. The minimum Gasteiger partial charge on any atom is -0.358 e. The Kier molecular flexibility index (Phi) is 10.5. The third kappa shape index (κ3) is 7.53. The Bertz CT molecular complexity index is 1430. The number of carbonyl (C=O) groups excluding carboxylic acids is 2. The van der Waals surface area contributed by atoms with E-state index in [1.807, 2.05) is 19.1 Å². The Morgan fingerprint density at radius 1 is 1.05 bits per heavy atom. The van der Waals surface area contributed by atoms with Gasteiger partial charge in [-0.2, -0.15) is 5.26 Å². The molecule has 1 fully saturated rings. The number of morpholine rings is 1. The van der Waals surface area contributed by atoms with Crippen molar-refractivity contribution in [3.8, 4) is 6.07 Å². The van der Waals surface area contributed by atoms with Gasteiger partial charge in [0.1, 0.15) is 24.1 Å². The highest BCUT2D eigenvalue weighted by Crippen LogP contribution is 2.44. The van der Waals surface area contributed by atoms with Gasteiger partial charge < -0.3 is 19.5 Å². The summed E-state index contributed by atoms with van der Waals surface area (Å²) >= 11 is 10.1. The smallest absolute Gasteiger partial charge is 0.253 e. The predicted octanol–water partition coefficient (Wildman–Crippen LogP) is 5.58. The van der Waals surface area contributed by atoms with Crippen molar-refractivity contribution in [1.82, 2.24) is 10.2 Å². The molecule has 1 saturated heterocycles. The highest BCUT2D eigenvalue weighted by molar-refractivity contribution is 7.79. The Hall–Kier alpha value is -3.26. The van der Waals surface area contributed by atoms with Crippen molar-refractivity contribution in [3.05, 3.63) is 105 Å². The molecule has 214 valence electrons. The molecule has 1 heterocycles. The van der Waals surface area contributed by atoms with Crippen LogP contribution in [0.3, 0.4) is 0 Å². The summed E-state index contributed by atoms with van der Waals surface area (Å²) in [7, 11) is 0. The van der Waals surface area contributed by atoms with E-state index in [0.717, 1.165) is 11.1 Å². The standard InChI is InChI=1S/C30H29Cl2N3O5S/c1-2-3-25(29(36)34-18-41(38)39)35-27(21-8-12-23(31)13-9-21)28(22-10-14-24(32)15-11-22)40-26(30(35)37)16-19-4-6-20(17-33)7-5-19/h4-15,25-28H,2-3,16,18H2,1H3,(H,34,36)(H,38,39)/t25-,26+,27-,28+/m0/s1. The minimum atomic E-state index is -2.25. The average molecular weight is 615 g/mol. The van der Waals surface area contributed by atoms with Crippen molar-refractivity contribution in [2.45, 2.75) is 50.5 Å². The number of amides is 2. The summed E-state index contributed by atoms with van der Waals surface area (Å²) in [6, 6.07) is 21.5. The van der Waals surface area contributed by atoms with Crippen molar-refractivity contribution in [2.24, 2.45) is 0 Å². The van der Waals surface area contributed by atoms with E-state index in [-0.39, 0.29) is 6.42 Å². The van der Waals surface area contributed by atoms with E-state index in [4.69, 9.17) is 27.9 Å². The topological polar surface area (TPSA) is 120 Å². The molecule has 0 aromatic heterocycles. The third-order valence-corrected chi connectivity index (χ3v) is 7.81. The fourth-order valence-electron chi connectivity index (χ4n) is 5.00. The zero-order chi connectivity index (χ0) is 29.5. The average Bonchev–Trinajstić information content (AvgIpc) is 2.97. The molecule has 1 aliphatic rings. The summed E-state index contributed by atoms with van der Waals surface area (Å²) < 4.78 is 27.2. The van der Waals surface area contributed by atoms with E-state index in [2.05, 4.69) is 11.4 Å². The largest absolute Gasteiger partial charge is 0.358 e. The Labute approximate surface area is 251 Å². The molecule has 4 rings (SSSR count). The van der Waals surface area contributed by atoms with Crippen molar-refractivity contribution in [1.29, 1.82) is 5.26 Å². The molecular formula is C30H29Cl2N3O5S. The normalized spacial score (nSPS) is 20.2. The molecule has 0 radical (unpaired) electrons. The van der Waals surface area contributed by atoms with Gasteiger partial charge in [0.2, 0.25) is 5.91 Å². The first kappa shape index (κ1) is 30.7. The van der Waals surface area contributed by atoms with Gasteiger partial charge in [-0.3, -0.25) is 9.59 Å². The summed E-state index contributed by atoms with van der Waals surface area (Å²) in [5.74, 6) is -1.38. The minimum absolute atomic E-state index is 0.208. The van der Waals surface area contributed by atoms with Crippen molar-refractivity contribution in [2.75, 3.05) is 5.88 Å². The molecule has 1 aliphatic heterocycles. The first-order valence-corrected chi connectivity index (χ1v) is 15.1. The summed E-state index contributed by atoms with van der Waals surface area (Å²) in [6.45, 7) is 1.90. The molecule has 8 nitrogen and oxygen atoms in total. The van der Waals surface area contributed by atoms with Gasteiger partial charge in [0.15, 0.2) is 11.1 Å². The van der Waals surface area contributed by atoms with Gasteiger partial charge in [-0.1, -0.05) is 72.9 Å². The van der Waals surface area contributed by atoms with Crippen molar-refractivity contribution in [3.63, 3.8) is 0 Å². The van der Waals surface area contributed by atoms with Crippen LogP contribution in [0.5, 0.6) is 0 Å². The number of hydrogen-bond acceptors (Lipinski definition) is 5. The van der Waals surface area contributed by atoms with E-state index < -0.39 is 53.1 Å². The number of ether oxygens (including phenoxy) is 1. The Morgan fingerprint density at radius 2 is 1.63 bits per heavy atom. The van der Waals surface area contributed by atoms with Gasteiger partial charge in [-0.25, -0.2) is 4.21 Å². The lowest BCUT2D eigenvalue weighted by Crippen LogP contribution is -2.59. The quantitative estimate of drug-likeness (QED) is 0.288. The predicted molar refractivity (Wildman–Crippen MR) is 157 cm³/mol. The van der Waals surface area contributed by atoms with E-state index in [1.165, 1.54) is 0 Å². The summed E-state index contributed by atoms with van der Waals surface area (Å²) in [6.07, 6.45) is -0.541. The van der Waals surface area contributed by atoms with Gasteiger partial charge in [0.25, 0.3) is 5.91 Å². The molecule has 1 unspecified atom stereocenters. The molecule has 2 N–H and O–H groups in total. The molecule has 0 aliphatic carbocycles. The summed E-state index contributed by atoms with van der Waals surface area (Å²) in [4.78, 5) is 29.3. The molecule has 2 amide bonds. The molecule has 41 heavy (non-hydrogen) atoms. The van der Waals surface area contributed by atoms with Crippen LogP contribution in [0.15, 0.2) is 72.8 Å². The third-order valence-electron chi connectivity index (χ3n) is 6.91. The lowest BCUT2D eigenvalue weighted by Gasteiger charge is -2.47. The Morgan fingerprint density at radius 3 is 2.17 bits per heavy atom. The molecular weight excluding hydrogens is 585 g/mol. The van der Waals surface area contributed by atoms with Crippen LogP contribution in [0.1, 0.15) is 54.2 Å². The van der Waals surface area contributed by atoms with E-state index in [1.54, 1.807) is 65.6 Å². The lowest BCUT2D eigenvalue weighted by atomic mass is 9.88. The van der Waals surface area contributed by atoms with Crippen molar-refractivity contribution < 1.29 is 23.1 Å². The second kappa shape index (κ2) is 14.1. The maximum Gasteiger partial charge on any atom is 0.253 e. The summed E-state index contributed by atoms with van der Waals surface area (Å²) in [5.41, 5.74) is 2.74. The number of halogens is 2. The van der Waals surface area contributed by atoms with Crippen LogP contribution in [0.25, 0.3) is 0 Å². The number of nitrogens with one attached hydrogen (secondary N) is 1. The van der Waals surface area contributed by atoms with Crippen LogP contribution < -0.4 is 5.32 Å². The molecule has 11 heteroatoms. The number of carbonyl (C=O) groups is 2. The fourth-order valence-corrected chi connectivity index (χ4v) is 5.52. The zero-order valence-electron chi connectivity index (χ0n) is 22.2. The maximum atomic E-state index is 14.3. The van der Waals surface area contributed by atoms with Crippen LogP contribution >= 0.6 is 23.2 Å². The van der Waals surface area contributed by atoms with Gasteiger partial charge in [0.05, 0.1) is 17.7 Å². The molecule has 0 bridgehead atoms. The Balaban J connectivity index is 1.84. The zero-order valence-corrected chi connectivity index (χ0v) is 24.5. The maximum absolute atomic E-state index is 14.3. The number of benzene rings is 3. The highest BCUT2D eigenvalue weighted by Gasteiger charge is 2.48. The SMILES string of the molecule is CCC[C@@H](C(=O)NCS(=O)O)N1C(=O)[C@@H](Cc2ccc(C#N)cc2)O[C@H](c2ccc(Cl)cc2)[C@@H]1c1ccc(Cl)cc1. The highest BCUT2D eigenvalue weighted by atomic mass is 35.5. The van der Waals surface area contributed by atoms with Gasteiger partial charge in [-0.05, 0) is 59.5 Å². The van der Waals surface area contributed by atoms with E-state index in [0.29, 0.717) is 34.0 Å². The number of rotatable bonds is 10. The number of nitrogens with zero attached hydrogens (tertiary/aromatic N) is 2. The second-order valence-corrected chi connectivity index (χ2v) is 11.5. The van der Waals surface area contributed by atoms with E-state index >= 15 is 0 Å². The van der Waals surface area contributed by atoms with Crippen molar-refractivity contribution >= 4 is 46.1 Å². The first-order valence-electron chi connectivity index (χ1n) is 13.0. The van der Waals surface area contributed by atoms with Crippen LogP contribution in [0.2, 0.25) is 10.0 Å². The molecule has 3 aromatic rings. The summed E-state index contributed by atoms with van der Waals surface area (Å²) in [5, 5.41) is 12.7. The van der Waals surface area contributed by atoms with E-state index in [9.17, 15) is 23.6 Å².